The monoisotopic (exact) mass is 246 g/mol. The lowest BCUT2D eigenvalue weighted by Crippen LogP contribution is -2.62. The zero-order valence-corrected chi connectivity index (χ0v) is 11.4. The van der Waals surface area contributed by atoms with Crippen LogP contribution in [0.25, 0.3) is 0 Å². The van der Waals surface area contributed by atoms with Gasteiger partial charge >= 0.3 is 0 Å². The van der Waals surface area contributed by atoms with Crippen LogP contribution in [0.5, 0.6) is 0 Å². The van der Waals surface area contributed by atoms with E-state index in [1.165, 1.54) is 30.2 Å². The van der Waals surface area contributed by atoms with E-state index in [1.54, 1.807) is 0 Å². The summed E-state index contributed by atoms with van der Waals surface area (Å²) in [5.41, 5.74) is 6.39. The van der Waals surface area contributed by atoms with Crippen LogP contribution in [0.2, 0.25) is 0 Å². The molecule has 88 valence electrons. The molecule has 2 nitrogen and oxygen atoms in total. The molecule has 2 rings (SSSR count). The van der Waals surface area contributed by atoms with Crippen LogP contribution >= 0.6 is 23.5 Å². The van der Waals surface area contributed by atoms with Crippen molar-refractivity contribution in [3.05, 3.63) is 0 Å². The summed E-state index contributed by atoms with van der Waals surface area (Å²) < 4.78 is 0. The standard InChI is InChI=1S/C11H22N2S2/c1-9-7-14-6-4-13(9)11(8-12)3-5-15-10(11)2/h9-10H,3-8,12H2,1-2H3. The fourth-order valence-corrected chi connectivity index (χ4v) is 5.42. The highest BCUT2D eigenvalue weighted by atomic mass is 32.2. The van der Waals surface area contributed by atoms with E-state index >= 15 is 0 Å². The smallest absolute Gasteiger partial charge is 0.0458 e. The molecule has 2 aliphatic rings. The minimum absolute atomic E-state index is 0.297. The Balaban J connectivity index is 2.16. The largest absolute Gasteiger partial charge is 0.329 e. The molecule has 2 fully saturated rings. The third-order valence-corrected chi connectivity index (χ3v) is 6.52. The molecule has 0 aromatic heterocycles. The van der Waals surface area contributed by atoms with E-state index in [9.17, 15) is 0 Å². The van der Waals surface area contributed by atoms with Gasteiger partial charge in [-0.15, -0.1) is 0 Å². The highest BCUT2D eigenvalue weighted by Gasteiger charge is 2.46. The number of thioether (sulfide) groups is 2. The van der Waals surface area contributed by atoms with Crippen LogP contribution in [0.3, 0.4) is 0 Å². The van der Waals surface area contributed by atoms with Crippen molar-refractivity contribution >= 4 is 23.5 Å². The van der Waals surface area contributed by atoms with Crippen LogP contribution < -0.4 is 5.73 Å². The summed E-state index contributed by atoms with van der Waals surface area (Å²) in [6, 6.07) is 0.702. The second-order valence-electron chi connectivity index (χ2n) is 4.69. The second kappa shape index (κ2) is 4.86. The molecule has 15 heavy (non-hydrogen) atoms. The minimum atomic E-state index is 0.297. The normalized spacial score (nSPS) is 43.4. The number of rotatable bonds is 2. The Kier molecular flexibility index (Phi) is 3.92. The molecule has 0 saturated carbocycles. The van der Waals surface area contributed by atoms with Gasteiger partial charge in [0.05, 0.1) is 0 Å². The molecule has 2 saturated heterocycles. The van der Waals surface area contributed by atoms with Crippen molar-refractivity contribution in [3.8, 4) is 0 Å². The van der Waals surface area contributed by atoms with E-state index in [0.717, 1.165) is 6.54 Å². The summed E-state index contributed by atoms with van der Waals surface area (Å²) in [4.78, 5) is 2.70. The summed E-state index contributed by atoms with van der Waals surface area (Å²) in [6.07, 6.45) is 1.28. The van der Waals surface area contributed by atoms with Crippen molar-refractivity contribution in [1.29, 1.82) is 0 Å². The first-order valence-corrected chi connectivity index (χ1v) is 8.07. The Morgan fingerprint density at radius 1 is 1.40 bits per heavy atom. The number of hydrogen-bond acceptors (Lipinski definition) is 4. The Labute approximate surface area is 102 Å². The van der Waals surface area contributed by atoms with Gasteiger partial charge in [0.2, 0.25) is 0 Å². The van der Waals surface area contributed by atoms with Gasteiger partial charge in [0.15, 0.2) is 0 Å². The quantitative estimate of drug-likeness (QED) is 0.802. The van der Waals surface area contributed by atoms with E-state index in [4.69, 9.17) is 5.73 Å². The van der Waals surface area contributed by atoms with Crippen LogP contribution in [-0.4, -0.2) is 52.1 Å². The molecule has 0 amide bonds. The second-order valence-corrected chi connectivity index (χ2v) is 7.29. The molecule has 4 heteroatoms. The van der Waals surface area contributed by atoms with E-state index < -0.39 is 0 Å². The fraction of sp³-hybridized carbons (Fsp3) is 1.00. The SMILES string of the molecule is CC1CSCCN1C1(CN)CCSC1C. The van der Waals surface area contributed by atoms with Gasteiger partial charge in [-0.1, -0.05) is 6.92 Å². The molecule has 0 aliphatic carbocycles. The molecule has 2 heterocycles. The van der Waals surface area contributed by atoms with Crippen LogP contribution in [0.15, 0.2) is 0 Å². The van der Waals surface area contributed by atoms with Gasteiger partial charge in [0.25, 0.3) is 0 Å². The summed E-state index contributed by atoms with van der Waals surface area (Å²) in [7, 11) is 0. The number of nitrogens with two attached hydrogens (primary N) is 1. The average molecular weight is 246 g/mol. The third-order valence-electron chi connectivity index (χ3n) is 3.95. The van der Waals surface area contributed by atoms with Crippen LogP contribution in [0, 0.1) is 0 Å². The van der Waals surface area contributed by atoms with Crippen molar-refractivity contribution in [3.63, 3.8) is 0 Å². The van der Waals surface area contributed by atoms with E-state index in [2.05, 4.69) is 42.3 Å². The Morgan fingerprint density at radius 3 is 2.73 bits per heavy atom. The van der Waals surface area contributed by atoms with E-state index in [0.29, 0.717) is 16.8 Å². The van der Waals surface area contributed by atoms with Gasteiger partial charge in [-0.05, 0) is 19.1 Å². The summed E-state index contributed by atoms with van der Waals surface area (Å²) in [6.45, 7) is 6.78. The van der Waals surface area contributed by atoms with Crippen molar-refractivity contribution in [1.82, 2.24) is 4.90 Å². The summed E-state index contributed by atoms with van der Waals surface area (Å²) in [5.74, 6) is 3.84. The van der Waals surface area contributed by atoms with E-state index in [1.807, 2.05) is 0 Å². The Hall–Kier alpha value is 0.620. The summed E-state index contributed by atoms with van der Waals surface area (Å²) in [5, 5.41) is 0.702. The maximum atomic E-state index is 6.09. The average Bonchev–Trinajstić information content (AvgIpc) is 2.61. The maximum absolute atomic E-state index is 6.09. The first-order valence-electron chi connectivity index (χ1n) is 5.87. The predicted octanol–water partition coefficient (Wildman–Crippen LogP) is 1.65. The predicted molar refractivity (Wildman–Crippen MR) is 71.8 cm³/mol. The first kappa shape index (κ1) is 12.1. The van der Waals surface area contributed by atoms with Crippen molar-refractivity contribution in [2.45, 2.75) is 37.1 Å². The zero-order valence-electron chi connectivity index (χ0n) is 9.74. The third kappa shape index (κ3) is 2.06. The van der Waals surface area contributed by atoms with Gasteiger partial charge in [-0.2, -0.15) is 23.5 Å². The molecular weight excluding hydrogens is 224 g/mol. The topological polar surface area (TPSA) is 29.3 Å². The molecular formula is C11H22N2S2. The van der Waals surface area contributed by atoms with E-state index in [-0.39, 0.29) is 0 Å². The van der Waals surface area contributed by atoms with Crippen molar-refractivity contribution in [2.24, 2.45) is 5.73 Å². The number of nitrogens with zero attached hydrogens (tertiary/aromatic N) is 1. The molecule has 3 atom stereocenters. The molecule has 0 spiro atoms. The highest BCUT2D eigenvalue weighted by molar-refractivity contribution is 8.00. The Bertz CT molecular complexity index is 225. The van der Waals surface area contributed by atoms with Crippen molar-refractivity contribution < 1.29 is 0 Å². The lowest BCUT2D eigenvalue weighted by Gasteiger charge is -2.48. The molecule has 3 unspecified atom stereocenters. The lowest BCUT2D eigenvalue weighted by atomic mass is 9.89. The molecule has 2 N–H and O–H groups in total. The molecule has 0 bridgehead atoms. The fourth-order valence-electron chi connectivity index (χ4n) is 2.92. The molecule has 0 aromatic carbocycles. The van der Waals surface area contributed by atoms with Crippen molar-refractivity contribution in [2.75, 3.05) is 30.3 Å². The van der Waals surface area contributed by atoms with Crippen LogP contribution in [0.1, 0.15) is 20.3 Å². The Morgan fingerprint density at radius 2 is 2.20 bits per heavy atom. The summed E-state index contributed by atoms with van der Waals surface area (Å²) >= 11 is 4.18. The van der Waals surface area contributed by atoms with Gasteiger partial charge < -0.3 is 5.73 Å². The van der Waals surface area contributed by atoms with Gasteiger partial charge in [-0.3, -0.25) is 4.90 Å². The molecule has 0 aromatic rings. The van der Waals surface area contributed by atoms with Crippen LogP contribution in [0.4, 0.5) is 0 Å². The van der Waals surface area contributed by atoms with Gasteiger partial charge in [-0.25, -0.2) is 0 Å². The molecule has 0 radical (unpaired) electrons. The van der Waals surface area contributed by atoms with Gasteiger partial charge in [0.1, 0.15) is 0 Å². The maximum Gasteiger partial charge on any atom is 0.0458 e. The zero-order chi connectivity index (χ0) is 10.9. The molecule has 2 aliphatic heterocycles. The highest BCUT2D eigenvalue weighted by Crippen LogP contribution is 2.41. The number of hydrogen-bond donors (Lipinski definition) is 1. The lowest BCUT2D eigenvalue weighted by molar-refractivity contribution is 0.0705. The minimum Gasteiger partial charge on any atom is -0.329 e. The van der Waals surface area contributed by atoms with Gasteiger partial charge in [0, 0.05) is 41.4 Å². The van der Waals surface area contributed by atoms with Crippen LogP contribution in [-0.2, 0) is 0 Å². The first-order chi connectivity index (χ1) is 7.20.